The lowest BCUT2D eigenvalue weighted by molar-refractivity contribution is 0.244. The molecule has 56 valence electrons. The average molecular weight is 153 g/mol. The van der Waals surface area contributed by atoms with Crippen LogP contribution in [0.15, 0.2) is 0 Å². The summed E-state index contributed by atoms with van der Waals surface area (Å²) in [6.07, 6.45) is 1.65. The fourth-order valence-corrected chi connectivity index (χ4v) is 0.456. The lowest BCUT2D eigenvalue weighted by atomic mass is 10.4. The number of hydrogen-bond donors (Lipinski definition) is 1. The third-order valence-electron chi connectivity index (χ3n) is 0.731. The van der Waals surface area contributed by atoms with Gasteiger partial charge < -0.3 is 9.84 Å². The second-order valence-corrected chi connectivity index (χ2v) is 2.34. The molecule has 9 heavy (non-hydrogen) atoms. The van der Waals surface area contributed by atoms with Gasteiger partial charge in [0.15, 0.2) is 0 Å². The SMILES string of the molecule is C1CO1.CCCC(O)Cl. The molecule has 0 aromatic heterocycles. The zero-order valence-corrected chi connectivity index (χ0v) is 6.40. The molecule has 1 aliphatic rings. The van der Waals surface area contributed by atoms with Crippen LogP contribution in [0.25, 0.3) is 0 Å². The van der Waals surface area contributed by atoms with Gasteiger partial charge in [-0.3, -0.25) is 0 Å². The van der Waals surface area contributed by atoms with Gasteiger partial charge >= 0.3 is 0 Å². The summed E-state index contributed by atoms with van der Waals surface area (Å²) < 4.78 is 4.50. The average Bonchev–Trinajstić information content (AvgIpc) is 2.45. The molecule has 0 aromatic rings. The van der Waals surface area contributed by atoms with Gasteiger partial charge in [0.25, 0.3) is 0 Å². The lowest BCUT2D eigenvalue weighted by Crippen LogP contribution is -1.91. The van der Waals surface area contributed by atoms with Gasteiger partial charge in [0.1, 0.15) is 5.56 Å². The minimum Gasteiger partial charge on any atom is -0.378 e. The molecule has 1 unspecified atom stereocenters. The Morgan fingerprint density at radius 3 is 2.11 bits per heavy atom. The summed E-state index contributed by atoms with van der Waals surface area (Å²) in [6, 6.07) is 0. The summed E-state index contributed by atoms with van der Waals surface area (Å²) in [6.45, 7) is 3.98. The number of alkyl halides is 1. The number of aliphatic hydroxyl groups is 1. The van der Waals surface area contributed by atoms with Crippen molar-refractivity contribution in [2.24, 2.45) is 0 Å². The predicted octanol–water partition coefficient (Wildman–Crippen LogP) is 1.36. The minimum atomic E-state index is -0.630. The first kappa shape index (κ1) is 9.21. The summed E-state index contributed by atoms with van der Waals surface area (Å²) in [5.74, 6) is 0. The molecule has 1 heterocycles. The van der Waals surface area contributed by atoms with Gasteiger partial charge in [-0.2, -0.15) is 0 Å². The fraction of sp³-hybridized carbons (Fsp3) is 1.00. The Kier molecular flexibility index (Phi) is 6.48. The summed E-state index contributed by atoms with van der Waals surface area (Å²) in [5.41, 5.74) is -0.630. The number of halogens is 1. The molecule has 3 heteroatoms. The van der Waals surface area contributed by atoms with Crippen LogP contribution >= 0.6 is 11.6 Å². The summed E-state index contributed by atoms with van der Waals surface area (Å²) in [4.78, 5) is 0. The van der Waals surface area contributed by atoms with Crippen LogP contribution in [-0.4, -0.2) is 23.9 Å². The van der Waals surface area contributed by atoms with E-state index < -0.39 is 5.56 Å². The van der Waals surface area contributed by atoms with E-state index >= 15 is 0 Å². The Hall–Kier alpha value is 0.210. The topological polar surface area (TPSA) is 32.8 Å². The van der Waals surface area contributed by atoms with Crippen LogP contribution in [0.5, 0.6) is 0 Å². The van der Waals surface area contributed by atoms with Crippen molar-refractivity contribution in [3.8, 4) is 0 Å². The van der Waals surface area contributed by atoms with Crippen LogP contribution in [-0.2, 0) is 4.74 Å². The number of hydrogen-bond acceptors (Lipinski definition) is 2. The first-order chi connectivity index (χ1) is 4.27. The first-order valence-corrected chi connectivity index (χ1v) is 3.61. The third-order valence-corrected chi connectivity index (χ3v) is 0.949. The third kappa shape index (κ3) is 17.9. The molecule has 0 radical (unpaired) electrons. The van der Waals surface area contributed by atoms with Crippen molar-refractivity contribution >= 4 is 11.6 Å². The normalized spacial score (nSPS) is 17.7. The minimum absolute atomic E-state index is 0.630. The van der Waals surface area contributed by atoms with Gasteiger partial charge in [-0.05, 0) is 6.42 Å². The highest BCUT2D eigenvalue weighted by molar-refractivity contribution is 6.19. The molecule has 0 bridgehead atoms. The van der Waals surface area contributed by atoms with Crippen molar-refractivity contribution in [1.82, 2.24) is 0 Å². The quantitative estimate of drug-likeness (QED) is 0.479. The van der Waals surface area contributed by atoms with Crippen molar-refractivity contribution in [3.63, 3.8) is 0 Å². The van der Waals surface area contributed by atoms with Crippen molar-refractivity contribution in [2.45, 2.75) is 25.3 Å². The Bertz CT molecular complexity index is 52.3. The first-order valence-electron chi connectivity index (χ1n) is 3.17. The number of epoxide rings is 1. The van der Waals surface area contributed by atoms with Gasteiger partial charge in [0, 0.05) is 0 Å². The molecule has 1 rings (SSSR count). The molecule has 1 saturated heterocycles. The van der Waals surface area contributed by atoms with E-state index in [0.717, 1.165) is 19.6 Å². The molecule has 1 atom stereocenters. The molecule has 0 amide bonds. The standard InChI is InChI=1S/C4H9ClO.C2H4O/c1-2-3-4(5)6;1-2-3-1/h4,6H,2-3H2,1H3;1-2H2. The van der Waals surface area contributed by atoms with Crippen molar-refractivity contribution in [1.29, 1.82) is 0 Å². The fourth-order valence-electron chi connectivity index (χ4n) is 0.238. The number of aliphatic hydroxyl groups excluding tert-OH is 1. The summed E-state index contributed by atoms with van der Waals surface area (Å²) in [5, 5.41) is 8.32. The smallest absolute Gasteiger partial charge is 0.128 e. The highest BCUT2D eigenvalue weighted by atomic mass is 35.5. The van der Waals surface area contributed by atoms with Crippen molar-refractivity contribution in [3.05, 3.63) is 0 Å². The van der Waals surface area contributed by atoms with E-state index in [1.54, 1.807) is 0 Å². The number of ether oxygens (including phenoxy) is 1. The molecule has 0 spiro atoms. The van der Waals surface area contributed by atoms with Crippen LogP contribution in [0.2, 0.25) is 0 Å². The van der Waals surface area contributed by atoms with E-state index in [-0.39, 0.29) is 0 Å². The summed E-state index contributed by atoms with van der Waals surface area (Å²) >= 11 is 5.13. The van der Waals surface area contributed by atoms with Crippen LogP contribution in [0.1, 0.15) is 19.8 Å². The molecule has 1 fully saturated rings. The van der Waals surface area contributed by atoms with Crippen LogP contribution in [0.4, 0.5) is 0 Å². The second-order valence-electron chi connectivity index (χ2n) is 1.84. The molecule has 0 aromatic carbocycles. The van der Waals surface area contributed by atoms with Crippen LogP contribution in [0.3, 0.4) is 0 Å². The monoisotopic (exact) mass is 152 g/mol. The maximum absolute atomic E-state index is 8.32. The second kappa shape index (κ2) is 6.33. The maximum Gasteiger partial charge on any atom is 0.128 e. The molecular weight excluding hydrogens is 140 g/mol. The Morgan fingerprint density at radius 2 is 2.11 bits per heavy atom. The number of rotatable bonds is 2. The van der Waals surface area contributed by atoms with Crippen molar-refractivity contribution < 1.29 is 9.84 Å². The van der Waals surface area contributed by atoms with Gasteiger partial charge in [-0.25, -0.2) is 0 Å². The molecule has 2 nitrogen and oxygen atoms in total. The predicted molar refractivity (Wildman–Crippen MR) is 37.6 cm³/mol. The highest BCUT2D eigenvalue weighted by Crippen LogP contribution is 1.97. The van der Waals surface area contributed by atoms with Gasteiger partial charge in [-0.1, -0.05) is 24.9 Å². The van der Waals surface area contributed by atoms with Crippen LogP contribution in [0, 0.1) is 0 Å². The van der Waals surface area contributed by atoms with Crippen molar-refractivity contribution in [2.75, 3.05) is 13.2 Å². The van der Waals surface area contributed by atoms with Gasteiger partial charge in [0.2, 0.25) is 0 Å². The molecular formula is C6H13ClO2. The Morgan fingerprint density at radius 1 is 1.67 bits per heavy atom. The van der Waals surface area contributed by atoms with E-state index in [1.165, 1.54) is 0 Å². The molecule has 1 N–H and O–H groups in total. The molecule has 1 aliphatic heterocycles. The Balaban J connectivity index is 0.000000173. The lowest BCUT2D eigenvalue weighted by Gasteiger charge is -1.92. The van der Waals surface area contributed by atoms with Crippen LogP contribution < -0.4 is 0 Å². The Labute approximate surface area is 60.8 Å². The van der Waals surface area contributed by atoms with Gasteiger partial charge in [-0.15, -0.1) is 0 Å². The maximum atomic E-state index is 8.32. The van der Waals surface area contributed by atoms with E-state index in [1.807, 2.05) is 6.92 Å². The zero-order valence-electron chi connectivity index (χ0n) is 5.64. The summed E-state index contributed by atoms with van der Waals surface area (Å²) in [7, 11) is 0. The zero-order chi connectivity index (χ0) is 7.11. The van der Waals surface area contributed by atoms with E-state index in [0.29, 0.717) is 6.42 Å². The highest BCUT2D eigenvalue weighted by Gasteiger charge is 1.94. The molecule has 0 aliphatic carbocycles. The van der Waals surface area contributed by atoms with E-state index in [9.17, 15) is 0 Å². The van der Waals surface area contributed by atoms with E-state index in [2.05, 4.69) is 4.74 Å². The van der Waals surface area contributed by atoms with Gasteiger partial charge in [0.05, 0.1) is 13.2 Å². The molecule has 0 saturated carbocycles. The largest absolute Gasteiger partial charge is 0.378 e. The van der Waals surface area contributed by atoms with E-state index in [4.69, 9.17) is 16.7 Å².